The fourth-order valence-corrected chi connectivity index (χ4v) is 2.46. The van der Waals surface area contributed by atoms with Crippen molar-refractivity contribution in [1.29, 1.82) is 0 Å². The van der Waals surface area contributed by atoms with Crippen LogP contribution in [0.15, 0.2) is 28.7 Å². The average molecular weight is 314 g/mol. The standard InChI is InChI=1S/C14H20BrNO2/c1-10(16)14(11-4-6-12(15)7-5-11)18-9-13-3-2-8-17-13/h4-7,10,13-14H,2-3,8-9,16H2,1H3. The van der Waals surface area contributed by atoms with E-state index in [0.29, 0.717) is 6.61 Å². The highest BCUT2D eigenvalue weighted by Crippen LogP contribution is 2.24. The topological polar surface area (TPSA) is 44.5 Å². The minimum atomic E-state index is -0.0673. The molecule has 3 atom stereocenters. The van der Waals surface area contributed by atoms with Gasteiger partial charge in [-0.15, -0.1) is 0 Å². The van der Waals surface area contributed by atoms with E-state index in [2.05, 4.69) is 15.9 Å². The van der Waals surface area contributed by atoms with E-state index in [4.69, 9.17) is 15.2 Å². The molecule has 0 aromatic heterocycles. The Labute approximate surface area is 117 Å². The Kier molecular flexibility index (Phi) is 5.18. The van der Waals surface area contributed by atoms with Gasteiger partial charge in [-0.3, -0.25) is 0 Å². The minimum Gasteiger partial charge on any atom is -0.376 e. The molecule has 1 aromatic rings. The number of hydrogen-bond acceptors (Lipinski definition) is 3. The van der Waals surface area contributed by atoms with Crippen LogP contribution >= 0.6 is 15.9 Å². The zero-order valence-corrected chi connectivity index (χ0v) is 12.2. The molecule has 100 valence electrons. The SMILES string of the molecule is CC(N)C(OCC1CCCO1)c1ccc(Br)cc1. The van der Waals surface area contributed by atoms with E-state index in [0.717, 1.165) is 29.5 Å². The molecule has 1 aromatic carbocycles. The highest BCUT2D eigenvalue weighted by atomic mass is 79.9. The lowest BCUT2D eigenvalue weighted by Crippen LogP contribution is -2.29. The Morgan fingerprint density at radius 3 is 2.72 bits per heavy atom. The van der Waals surface area contributed by atoms with Gasteiger partial charge in [0.25, 0.3) is 0 Å². The van der Waals surface area contributed by atoms with Crippen molar-refractivity contribution in [2.24, 2.45) is 5.73 Å². The van der Waals surface area contributed by atoms with Gasteiger partial charge in [0, 0.05) is 17.1 Å². The number of rotatable bonds is 5. The zero-order valence-electron chi connectivity index (χ0n) is 10.6. The van der Waals surface area contributed by atoms with Gasteiger partial charge in [-0.2, -0.15) is 0 Å². The van der Waals surface area contributed by atoms with E-state index >= 15 is 0 Å². The van der Waals surface area contributed by atoms with Crippen molar-refractivity contribution in [1.82, 2.24) is 0 Å². The van der Waals surface area contributed by atoms with Crippen LogP contribution in [0.5, 0.6) is 0 Å². The fraction of sp³-hybridized carbons (Fsp3) is 0.571. The molecular formula is C14H20BrNO2. The quantitative estimate of drug-likeness (QED) is 0.908. The predicted molar refractivity (Wildman–Crippen MR) is 75.5 cm³/mol. The summed E-state index contributed by atoms with van der Waals surface area (Å²) in [6.45, 7) is 3.46. The van der Waals surface area contributed by atoms with Gasteiger partial charge in [-0.25, -0.2) is 0 Å². The lowest BCUT2D eigenvalue weighted by atomic mass is 10.0. The first-order chi connectivity index (χ1) is 8.66. The van der Waals surface area contributed by atoms with Crippen LogP contribution in [0, 0.1) is 0 Å². The summed E-state index contributed by atoms with van der Waals surface area (Å²) in [6, 6.07) is 8.09. The summed E-state index contributed by atoms with van der Waals surface area (Å²) in [6.07, 6.45) is 2.39. The Morgan fingerprint density at radius 2 is 2.17 bits per heavy atom. The molecule has 1 aliphatic heterocycles. The molecule has 2 rings (SSSR count). The molecule has 0 spiro atoms. The van der Waals surface area contributed by atoms with Gasteiger partial charge >= 0.3 is 0 Å². The molecule has 1 fully saturated rings. The molecule has 3 unspecified atom stereocenters. The number of nitrogens with two attached hydrogens (primary N) is 1. The van der Waals surface area contributed by atoms with Gasteiger partial charge in [-0.1, -0.05) is 28.1 Å². The second-order valence-electron chi connectivity index (χ2n) is 4.80. The first-order valence-corrected chi connectivity index (χ1v) is 7.20. The molecule has 0 saturated carbocycles. The van der Waals surface area contributed by atoms with Gasteiger partial charge in [0.05, 0.1) is 18.8 Å². The lowest BCUT2D eigenvalue weighted by Gasteiger charge is -2.23. The Hall–Kier alpha value is -0.420. The Morgan fingerprint density at radius 1 is 1.44 bits per heavy atom. The third-order valence-corrected chi connectivity index (χ3v) is 3.69. The van der Waals surface area contributed by atoms with Crippen LogP contribution < -0.4 is 5.73 Å². The molecule has 2 N–H and O–H groups in total. The van der Waals surface area contributed by atoms with E-state index in [-0.39, 0.29) is 18.2 Å². The van der Waals surface area contributed by atoms with Crippen molar-refractivity contribution >= 4 is 15.9 Å². The molecular weight excluding hydrogens is 294 g/mol. The first kappa shape index (κ1) is 14.0. The van der Waals surface area contributed by atoms with E-state index in [9.17, 15) is 0 Å². The van der Waals surface area contributed by atoms with Crippen LogP contribution in [-0.4, -0.2) is 25.4 Å². The van der Waals surface area contributed by atoms with Crippen molar-refractivity contribution in [3.8, 4) is 0 Å². The van der Waals surface area contributed by atoms with Crippen molar-refractivity contribution in [2.45, 2.75) is 38.0 Å². The van der Waals surface area contributed by atoms with E-state index < -0.39 is 0 Å². The monoisotopic (exact) mass is 313 g/mol. The minimum absolute atomic E-state index is 0.0346. The number of benzene rings is 1. The molecule has 18 heavy (non-hydrogen) atoms. The molecule has 0 bridgehead atoms. The predicted octanol–water partition coefficient (Wildman–Crippen LogP) is 3.03. The number of halogens is 1. The summed E-state index contributed by atoms with van der Waals surface area (Å²) < 4.78 is 12.6. The third kappa shape index (κ3) is 3.79. The van der Waals surface area contributed by atoms with Crippen LogP contribution in [0.25, 0.3) is 0 Å². The molecule has 3 nitrogen and oxygen atoms in total. The average Bonchev–Trinajstić information content (AvgIpc) is 2.84. The maximum atomic E-state index is 6.01. The van der Waals surface area contributed by atoms with Gasteiger partial charge in [0.2, 0.25) is 0 Å². The summed E-state index contributed by atoms with van der Waals surface area (Å²) in [4.78, 5) is 0. The molecule has 1 aliphatic rings. The third-order valence-electron chi connectivity index (χ3n) is 3.16. The molecule has 0 amide bonds. The summed E-state index contributed by atoms with van der Waals surface area (Å²) >= 11 is 3.43. The molecule has 1 saturated heterocycles. The first-order valence-electron chi connectivity index (χ1n) is 6.41. The zero-order chi connectivity index (χ0) is 13.0. The summed E-state index contributed by atoms with van der Waals surface area (Å²) in [7, 11) is 0. The number of ether oxygens (including phenoxy) is 2. The smallest absolute Gasteiger partial charge is 0.0974 e. The van der Waals surface area contributed by atoms with Crippen molar-refractivity contribution < 1.29 is 9.47 Å². The normalized spacial score (nSPS) is 22.9. The van der Waals surface area contributed by atoms with Crippen molar-refractivity contribution in [3.63, 3.8) is 0 Å². The Balaban J connectivity index is 1.96. The highest BCUT2D eigenvalue weighted by molar-refractivity contribution is 9.10. The number of hydrogen-bond donors (Lipinski definition) is 1. The van der Waals surface area contributed by atoms with Crippen molar-refractivity contribution in [3.05, 3.63) is 34.3 Å². The maximum absolute atomic E-state index is 6.01. The van der Waals surface area contributed by atoms with Crippen molar-refractivity contribution in [2.75, 3.05) is 13.2 Å². The molecule has 0 radical (unpaired) electrons. The Bertz CT molecular complexity index is 361. The second-order valence-corrected chi connectivity index (χ2v) is 5.72. The lowest BCUT2D eigenvalue weighted by molar-refractivity contribution is -0.0286. The molecule has 4 heteroatoms. The van der Waals surface area contributed by atoms with Crippen LogP contribution in [0.2, 0.25) is 0 Å². The van der Waals surface area contributed by atoms with Crippen LogP contribution in [-0.2, 0) is 9.47 Å². The maximum Gasteiger partial charge on any atom is 0.0974 e. The highest BCUT2D eigenvalue weighted by Gasteiger charge is 2.21. The summed E-state index contributed by atoms with van der Waals surface area (Å²) in [5, 5.41) is 0. The molecule has 1 heterocycles. The van der Waals surface area contributed by atoms with Gasteiger partial charge in [0.1, 0.15) is 0 Å². The largest absolute Gasteiger partial charge is 0.376 e. The van der Waals surface area contributed by atoms with E-state index in [1.807, 2.05) is 31.2 Å². The fourth-order valence-electron chi connectivity index (χ4n) is 2.19. The van der Waals surface area contributed by atoms with Gasteiger partial charge < -0.3 is 15.2 Å². The van der Waals surface area contributed by atoms with Crippen LogP contribution in [0.3, 0.4) is 0 Å². The van der Waals surface area contributed by atoms with Crippen LogP contribution in [0.4, 0.5) is 0 Å². The van der Waals surface area contributed by atoms with Gasteiger partial charge in [0.15, 0.2) is 0 Å². The van der Waals surface area contributed by atoms with Crippen LogP contribution in [0.1, 0.15) is 31.4 Å². The second kappa shape index (κ2) is 6.66. The summed E-state index contributed by atoms with van der Waals surface area (Å²) in [5.74, 6) is 0. The summed E-state index contributed by atoms with van der Waals surface area (Å²) in [5.41, 5.74) is 7.13. The van der Waals surface area contributed by atoms with Gasteiger partial charge in [-0.05, 0) is 37.5 Å². The van der Waals surface area contributed by atoms with E-state index in [1.165, 1.54) is 0 Å². The van der Waals surface area contributed by atoms with E-state index in [1.54, 1.807) is 0 Å². The molecule has 0 aliphatic carbocycles.